The summed E-state index contributed by atoms with van der Waals surface area (Å²) in [6.07, 6.45) is 0.282. The Bertz CT molecular complexity index is 883. The van der Waals surface area contributed by atoms with Crippen LogP contribution in [-0.4, -0.2) is 55.6 Å². The number of nitrogens with zero attached hydrogens (tertiary/aromatic N) is 3. The Hall–Kier alpha value is -2.80. The first-order chi connectivity index (χ1) is 14.0. The van der Waals surface area contributed by atoms with Gasteiger partial charge in [0.2, 0.25) is 5.91 Å². The van der Waals surface area contributed by atoms with Crippen LogP contribution in [0.5, 0.6) is 0 Å². The molecule has 0 saturated carbocycles. The largest absolute Gasteiger partial charge is 0.368 e. The highest BCUT2D eigenvalue weighted by molar-refractivity contribution is 6.30. The highest BCUT2D eigenvalue weighted by Gasteiger charge is 2.33. The first-order valence-electron chi connectivity index (χ1n) is 9.61. The summed E-state index contributed by atoms with van der Waals surface area (Å²) in [5.74, 6) is -0.274. The summed E-state index contributed by atoms with van der Waals surface area (Å²) in [7, 11) is 0. The van der Waals surface area contributed by atoms with Crippen LogP contribution in [0, 0.1) is 5.82 Å². The third-order valence-electron chi connectivity index (χ3n) is 5.35. The molecule has 0 radical (unpaired) electrons. The fourth-order valence-electron chi connectivity index (χ4n) is 3.76. The standard InChI is InChI=1S/C21H22ClFN4O2/c22-15-1-5-19(6-2-15)27-14-17(13-20(27)28)24-21(29)26-11-9-25(10-12-26)18-7-3-16(23)4-8-18/h1-8,17H,9-14H2,(H,24,29)/t17-/m1/s1. The molecule has 3 amide bonds. The minimum atomic E-state index is -0.259. The molecule has 2 saturated heterocycles. The lowest BCUT2D eigenvalue weighted by atomic mass is 10.2. The van der Waals surface area contributed by atoms with Gasteiger partial charge in [-0.1, -0.05) is 11.6 Å². The lowest BCUT2D eigenvalue weighted by molar-refractivity contribution is -0.117. The van der Waals surface area contributed by atoms with E-state index in [0.717, 1.165) is 11.4 Å². The maximum absolute atomic E-state index is 13.1. The summed E-state index contributed by atoms with van der Waals surface area (Å²) in [5.41, 5.74) is 1.73. The average Bonchev–Trinajstić information content (AvgIpc) is 3.09. The first-order valence-corrected chi connectivity index (χ1v) is 9.99. The number of benzene rings is 2. The molecule has 2 heterocycles. The monoisotopic (exact) mass is 416 g/mol. The summed E-state index contributed by atoms with van der Waals surface area (Å²) in [4.78, 5) is 30.5. The number of hydrogen-bond acceptors (Lipinski definition) is 3. The molecular weight excluding hydrogens is 395 g/mol. The molecule has 4 rings (SSSR count). The highest BCUT2D eigenvalue weighted by Crippen LogP contribution is 2.23. The van der Waals surface area contributed by atoms with Crippen LogP contribution >= 0.6 is 11.6 Å². The number of hydrogen-bond donors (Lipinski definition) is 1. The van der Waals surface area contributed by atoms with Gasteiger partial charge in [-0.2, -0.15) is 0 Å². The molecule has 8 heteroatoms. The van der Waals surface area contributed by atoms with Gasteiger partial charge < -0.3 is 20.0 Å². The van der Waals surface area contributed by atoms with Crippen LogP contribution in [0.25, 0.3) is 0 Å². The van der Waals surface area contributed by atoms with E-state index in [-0.39, 0.29) is 30.2 Å². The normalized spacial score (nSPS) is 19.6. The second kappa shape index (κ2) is 8.29. The summed E-state index contributed by atoms with van der Waals surface area (Å²) in [5, 5.41) is 3.60. The molecule has 2 aliphatic rings. The minimum Gasteiger partial charge on any atom is -0.368 e. The van der Waals surface area contributed by atoms with Crippen LogP contribution in [-0.2, 0) is 4.79 Å². The van der Waals surface area contributed by atoms with E-state index in [2.05, 4.69) is 10.2 Å². The van der Waals surface area contributed by atoms with Gasteiger partial charge in [-0.3, -0.25) is 4.79 Å². The summed E-state index contributed by atoms with van der Waals surface area (Å²) < 4.78 is 13.1. The van der Waals surface area contributed by atoms with Crippen LogP contribution in [0.4, 0.5) is 20.6 Å². The highest BCUT2D eigenvalue weighted by atomic mass is 35.5. The Balaban J connectivity index is 1.29. The fraction of sp³-hybridized carbons (Fsp3) is 0.333. The van der Waals surface area contributed by atoms with E-state index in [1.54, 1.807) is 46.2 Å². The lowest BCUT2D eigenvalue weighted by Gasteiger charge is -2.36. The van der Waals surface area contributed by atoms with Crippen molar-refractivity contribution in [3.05, 3.63) is 59.4 Å². The molecule has 0 spiro atoms. The Labute approximate surface area is 173 Å². The van der Waals surface area contributed by atoms with Crippen LogP contribution in [0.15, 0.2) is 48.5 Å². The zero-order valence-corrected chi connectivity index (χ0v) is 16.6. The van der Waals surface area contributed by atoms with E-state index in [4.69, 9.17) is 11.6 Å². The van der Waals surface area contributed by atoms with Crippen LogP contribution in [0.2, 0.25) is 5.02 Å². The van der Waals surface area contributed by atoms with E-state index in [0.29, 0.717) is 37.7 Å². The minimum absolute atomic E-state index is 0.0150. The predicted molar refractivity (Wildman–Crippen MR) is 111 cm³/mol. The molecule has 29 heavy (non-hydrogen) atoms. The van der Waals surface area contributed by atoms with Crippen molar-refractivity contribution in [1.29, 1.82) is 0 Å². The van der Waals surface area contributed by atoms with Crippen molar-refractivity contribution in [2.24, 2.45) is 0 Å². The molecule has 0 unspecified atom stereocenters. The van der Waals surface area contributed by atoms with Gasteiger partial charge in [0, 0.05) is 55.5 Å². The van der Waals surface area contributed by atoms with Crippen molar-refractivity contribution in [3.63, 3.8) is 0 Å². The second-order valence-electron chi connectivity index (χ2n) is 7.28. The summed E-state index contributed by atoms with van der Waals surface area (Å²) >= 11 is 5.91. The molecule has 6 nitrogen and oxygen atoms in total. The number of anilines is 2. The van der Waals surface area contributed by atoms with Crippen LogP contribution < -0.4 is 15.1 Å². The zero-order valence-electron chi connectivity index (χ0n) is 15.9. The van der Waals surface area contributed by atoms with Gasteiger partial charge in [0.05, 0.1) is 6.04 Å². The number of amides is 3. The van der Waals surface area contributed by atoms with Gasteiger partial charge in [0.25, 0.3) is 0 Å². The van der Waals surface area contributed by atoms with Gasteiger partial charge in [0.1, 0.15) is 5.82 Å². The Morgan fingerprint density at radius 2 is 1.59 bits per heavy atom. The van der Waals surface area contributed by atoms with Gasteiger partial charge in [-0.15, -0.1) is 0 Å². The van der Waals surface area contributed by atoms with Gasteiger partial charge in [0.15, 0.2) is 0 Å². The van der Waals surface area contributed by atoms with E-state index in [9.17, 15) is 14.0 Å². The number of rotatable bonds is 3. The smallest absolute Gasteiger partial charge is 0.317 e. The van der Waals surface area contributed by atoms with Crippen molar-refractivity contribution in [2.75, 3.05) is 42.5 Å². The second-order valence-corrected chi connectivity index (χ2v) is 7.72. The van der Waals surface area contributed by atoms with E-state index >= 15 is 0 Å². The number of piperazine rings is 1. The maximum Gasteiger partial charge on any atom is 0.317 e. The van der Waals surface area contributed by atoms with Crippen molar-refractivity contribution in [3.8, 4) is 0 Å². The van der Waals surface area contributed by atoms with E-state index < -0.39 is 0 Å². The van der Waals surface area contributed by atoms with Crippen molar-refractivity contribution >= 4 is 34.9 Å². The average molecular weight is 417 g/mol. The number of carbonyl (C=O) groups excluding carboxylic acids is 2. The Morgan fingerprint density at radius 1 is 0.966 bits per heavy atom. The molecule has 1 N–H and O–H groups in total. The molecule has 0 aliphatic carbocycles. The van der Waals surface area contributed by atoms with Gasteiger partial charge in [-0.05, 0) is 48.5 Å². The number of halogens is 2. The molecule has 0 aromatic heterocycles. The SMILES string of the molecule is O=C(N[C@@H]1CC(=O)N(c2ccc(Cl)cc2)C1)N1CCN(c2ccc(F)cc2)CC1. The van der Waals surface area contributed by atoms with Crippen molar-refractivity contribution < 1.29 is 14.0 Å². The predicted octanol–water partition coefficient (Wildman–Crippen LogP) is 3.12. The molecular formula is C21H22ClFN4O2. The molecule has 0 bridgehead atoms. The molecule has 2 aromatic carbocycles. The van der Waals surface area contributed by atoms with Crippen LogP contribution in [0.3, 0.4) is 0 Å². The molecule has 152 valence electrons. The number of nitrogens with one attached hydrogen (secondary N) is 1. The maximum atomic E-state index is 13.1. The third kappa shape index (κ3) is 4.45. The molecule has 2 aliphatic heterocycles. The van der Waals surface area contributed by atoms with Gasteiger partial charge in [-0.25, -0.2) is 9.18 Å². The van der Waals surface area contributed by atoms with E-state index in [1.807, 2.05) is 0 Å². The zero-order chi connectivity index (χ0) is 20.4. The van der Waals surface area contributed by atoms with Gasteiger partial charge >= 0.3 is 6.03 Å². The topological polar surface area (TPSA) is 55.9 Å². The number of urea groups is 1. The molecule has 1 atom stereocenters. The summed E-state index contributed by atoms with van der Waals surface area (Å²) in [6.45, 7) is 2.95. The third-order valence-corrected chi connectivity index (χ3v) is 5.60. The quantitative estimate of drug-likeness (QED) is 0.836. The van der Waals surface area contributed by atoms with Crippen molar-refractivity contribution in [2.45, 2.75) is 12.5 Å². The van der Waals surface area contributed by atoms with E-state index in [1.165, 1.54) is 12.1 Å². The number of carbonyl (C=O) groups is 2. The van der Waals surface area contributed by atoms with Crippen LogP contribution in [0.1, 0.15) is 6.42 Å². The fourth-order valence-corrected chi connectivity index (χ4v) is 3.89. The summed E-state index contributed by atoms with van der Waals surface area (Å²) in [6, 6.07) is 13.1. The first kappa shape index (κ1) is 19.5. The molecule has 2 aromatic rings. The van der Waals surface area contributed by atoms with Crippen molar-refractivity contribution in [1.82, 2.24) is 10.2 Å². The Morgan fingerprint density at radius 3 is 2.24 bits per heavy atom. The lowest BCUT2D eigenvalue weighted by Crippen LogP contribution is -2.53. The molecule has 2 fully saturated rings. The Kier molecular flexibility index (Phi) is 5.58.